The molecule has 2 heterocycles. The summed E-state index contributed by atoms with van der Waals surface area (Å²) in [5.74, 6) is 1.44. The number of aromatic amines is 1. The number of anilines is 2. The highest BCUT2D eigenvalue weighted by molar-refractivity contribution is 5.66. The average molecular weight is 354 g/mol. The second kappa shape index (κ2) is 7.44. The molecule has 3 N–H and O–H groups in total. The summed E-state index contributed by atoms with van der Waals surface area (Å²) in [4.78, 5) is 17.2. The van der Waals surface area contributed by atoms with Crippen molar-refractivity contribution in [3.8, 4) is 6.07 Å². The molecule has 26 heavy (non-hydrogen) atoms. The Morgan fingerprint density at radius 2 is 2.23 bits per heavy atom. The van der Waals surface area contributed by atoms with Crippen molar-refractivity contribution in [2.75, 3.05) is 5.32 Å². The Hall–Kier alpha value is -3.08. The second-order valence-corrected chi connectivity index (χ2v) is 6.82. The quantitative estimate of drug-likeness (QED) is 0.757. The van der Waals surface area contributed by atoms with E-state index in [1.165, 1.54) is 0 Å². The fourth-order valence-electron chi connectivity index (χ4n) is 3.60. The van der Waals surface area contributed by atoms with Crippen LogP contribution in [0.3, 0.4) is 0 Å². The molecule has 0 unspecified atom stereocenters. The molecule has 3 rings (SSSR count). The van der Waals surface area contributed by atoms with Crippen LogP contribution < -0.4 is 5.32 Å². The maximum absolute atomic E-state index is 11.5. The number of nitriles is 1. The Balaban J connectivity index is 1.67. The van der Waals surface area contributed by atoms with Gasteiger partial charge < -0.3 is 15.3 Å². The number of carboxylic acid groups (broad SMARTS) is 1. The van der Waals surface area contributed by atoms with Crippen molar-refractivity contribution >= 4 is 17.7 Å². The van der Waals surface area contributed by atoms with Gasteiger partial charge in [0.2, 0.25) is 0 Å². The molecule has 2 atom stereocenters. The fourth-order valence-corrected chi connectivity index (χ4v) is 3.60. The van der Waals surface area contributed by atoms with Gasteiger partial charge in [0, 0.05) is 36.0 Å². The van der Waals surface area contributed by atoms with E-state index in [4.69, 9.17) is 5.26 Å². The van der Waals surface area contributed by atoms with Gasteiger partial charge in [-0.15, -0.1) is 0 Å². The third-order valence-corrected chi connectivity index (χ3v) is 4.76. The van der Waals surface area contributed by atoms with Gasteiger partial charge in [-0.1, -0.05) is 0 Å². The van der Waals surface area contributed by atoms with Crippen LogP contribution in [0, 0.1) is 11.3 Å². The van der Waals surface area contributed by atoms with E-state index >= 15 is 0 Å². The van der Waals surface area contributed by atoms with E-state index < -0.39 is 6.09 Å². The van der Waals surface area contributed by atoms with Gasteiger partial charge in [0.1, 0.15) is 5.82 Å². The number of rotatable bonds is 5. The van der Waals surface area contributed by atoms with Crippen molar-refractivity contribution in [3.63, 3.8) is 0 Å². The highest BCUT2D eigenvalue weighted by Crippen LogP contribution is 2.37. The molecule has 8 heteroatoms. The topological polar surface area (TPSA) is 118 Å². The van der Waals surface area contributed by atoms with Crippen LogP contribution in [0.1, 0.15) is 50.3 Å². The molecular weight excluding hydrogens is 332 g/mol. The Morgan fingerprint density at radius 1 is 1.42 bits per heavy atom. The van der Waals surface area contributed by atoms with E-state index in [1.54, 1.807) is 23.2 Å². The summed E-state index contributed by atoms with van der Waals surface area (Å²) in [5, 5.41) is 28.8. The van der Waals surface area contributed by atoms with E-state index in [2.05, 4.69) is 26.6 Å². The molecule has 0 saturated heterocycles. The molecular formula is C18H22N6O2. The van der Waals surface area contributed by atoms with Gasteiger partial charge in [0.15, 0.2) is 5.82 Å². The van der Waals surface area contributed by atoms with Crippen molar-refractivity contribution in [1.82, 2.24) is 20.1 Å². The lowest BCUT2D eigenvalue weighted by Crippen LogP contribution is -2.42. The number of nitrogens with zero attached hydrogens (tertiary/aromatic N) is 4. The number of aromatic nitrogens is 3. The lowest BCUT2D eigenvalue weighted by atomic mass is 10.0. The van der Waals surface area contributed by atoms with Crippen LogP contribution >= 0.6 is 0 Å². The van der Waals surface area contributed by atoms with Gasteiger partial charge in [0.05, 0.1) is 11.6 Å². The molecule has 0 spiro atoms. The first-order valence-electron chi connectivity index (χ1n) is 8.67. The van der Waals surface area contributed by atoms with E-state index in [0.717, 1.165) is 25.0 Å². The highest BCUT2D eigenvalue weighted by atomic mass is 16.4. The van der Waals surface area contributed by atoms with Crippen molar-refractivity contribution < 1.29 is 9.90 Å². The predicted molar refractivity (Wildman–Crippen MR) is 96.2 cm³/mol. The molecule has 8 nitrogen and oxygen atoms in total. The van der Waals surface area contributed by atoms with E-state index in [9.17, 15) is 9.90 Å². The monoisotopic (exact) mass is 354 g/mol. The smallest absolute Gasteiger partial charge is 0.407 e. The molecule has 1 saturated carbocycles. The van der Waals surface area contributed by atoms with Crippen LogP contribution in [-0.2, 0) is 0 Å². The van der Waals surface area contributed by atoms with Gasteiger partial charge in [-0.25, -0.2) is 9.78 Å². The standard InChI is InChI=1S/C18H22N6O2/c1-11(2)24(18(25)26)14-4-3-13(8-14)15-9-17(23-22-15)21-16-7-12(10-19)5-6-20-16/h5-7,9,11,13-14H,3-4,8H2,1-2H3,(H,25,26)(H2,20,21,22,23)/t13-,14+/m0/s1. The van der Waals surface area contributed by atoms with Crippen LogP contribution in [0.15, 0.2) is 24.4 Å². The summed E-state index contributed by atoms with van der Waals surface area (Å²) in [6.07, 6.45) is 3.27. The lowest BCUT2D eigenvalue weighted by Gasteiger charge is -2.30. The van der Waals surface area contributed by atoms with Gasteiger partial charge >= 0.3 is 6.09 Å². The van der Waals surface area contributed by atoms with Crippen LogP contribution in [0.25, 0.3) is 0 Å². The lowest BCUT2D eigenvalue weighted by molar-refractivity contribution is 0.108. The molecule has 0 aliphatic heterocycles. The van der Waals surface area contributed by atoms with Gasteiger partial charge in [-0.05, 0) is 45.2 Å². The van der Waals surface area contributed by atoms with Gasteiger partial charge in [0.25, 0.3) is 0 Å². The Labute approximate surface area is 151 Å². The normalized spacial score (nSPS) is 19.3. The minimum Gasteiger partial charge on any atom is -0.465 e. The number of amides is 1. The number of hydrogen-bond acceptors (Lipinski definition) is 5. The average Bonchev–Trinajstić information content (AvgIpc) is 3.24. The second-order valence-electron chi connectivity index (χ2n) is 6.82. The molecule has 1 fully saturated rings. The van der Waals surface area contributed by atoms with Crippen molar-refractivity contribution in [1.29, 1.82) is 5.26 Å². The van der Waals surface area contributed by atoms with Crippen molar-refractivity contribution in [3.05, 3.63) is 35.7 Å². The highest BCUT2D eigenvalue weighted by Gasteiger charge is 2.34. The molecule has 1 amide bonds. The summed E-state index contributed by atoms with van der Waals surface area (Å²) in [6, 6.07) is 7.30. The van der Waals surface area contributed by atoms with Crippen molar-refractivity contribution in [2.45, 2.75) is 51.1 Å². The summed E-state index contributed by atoms with van der Waals surface area (Å²) in [5.41, 5.74) is 1.51. The molecule has 0 bridgehead atoms. The third kappa shape index (κ3) is 3.77. The first-order chi connectivity index (χ1) is 12.5. The molecule has 0 radical (unpaired) electrons. The first kappa shape index (κ1) is 17.7. The third-order valence-electron chi connectivity index (χ3n) is 4.76. The molecule has 2 aromatic rings. The van der Waals surface area contributed by atoms with E-state index in [-0.39, 0.29) is 18.0 Å². The van der Waals surface area contributed by atoms with Crippen LogP contribution in [-0.4, -0.2) is 43.4 Å². The minimum absolute atomic E-state index is 0.0335. The zero-order chi connectivity index (χ0) is 18.7. The van der Waals surface area contributed by atoms with Crippen LogP contribution in [0.4, 0.5) is 16.4 Å². The summed E-state index contributed by atoms with van der Waals surface area (Å²) < 4.78 is 0. The zero-order valence-electron chi connectivity index (χ0n) is 14.8. The van der Waals surface area contributed by atoms with Gasteiger partial charge in [-0.3, -0.25) is 5.10 Å². The van der Waals surface area contributed by atoms with Crippen LogP contribution in [0.2, 0.25) is 0 Å². The number of hydrogen-bond donors (Lipinski definition) is 3. The molecule has 1 aliphatic carbocycles. The number of carbonyl (C=O) groups is 1. The predicted octanol–water partition coefficient (Wildman–Crippen LogP) is 3.44. The van der Waals surface area contributed by atoms with E-state index in [0.29, 0.717) is 17.2 Å². The van der Waals surface area contributed by atoms with Crippen LogP contribution in [0.5, 0.6) is 0 Å². The SMILES string of the molecule is CC(C)N(C(=O)O)[C@@H]1CC[C@H](c2cc(Nc3cc(C#N)ccn3)n[nH]2)C1. The van der Waals surface area contributed by atoms with Gasteiger partial charge in [-0.2, -0.15) is 10.4 Å². The summed E-state index contributed by atoms with van der Waals surface area (Å²) in [6.45, 7) is 3.81. The molecule has 2 aromatic heterocycles. The Morgan fingerprint density at radius 3 is 2.92 bits per heavy atom. The number of pyridine rings is 1. The molecule has 1 aliphatic rings. The summed E-state index contributed by atoms with van der Waals surface area (Å²) in [7, 11) is 0. The summed E-state index contributed by atoms with van der Waals surface area (Å²) >= 11 is 0. The first-order valence-corrected chi connectivity index (χ1v) is 8.67. The Kier molecular flexibility index (Phi) is 5.07. The minimum atomic E-state index is -0.860. The maximum Gasteiger partial charge on any atom is 0.407 e. The Bertz CT molecular complexity index is 825. The largest absolute Gasteiger partial charge is 0.465 e. The number of H-pyrrole nitrogens is 1. The molecule has 0 aromatic carbocycles. The van der Waals surface area contributed by atoms with Crippen molar-refractivity contribution in [2.24, 2.45) is 0 Å². The fraction of sp³-hybridized carbons (Fsp3) is 0.444. The zero-order valence-corrected chi connectivity index (χ0v) is 14.8. The number of nitrogens with one attached hydrogen (secondary N) is 2. The molecule has 136 valence electrons. The van der Waals surface area contributed by atoms with E-state index in [1.807, 2.05) is 19.9 Å². The maximum atomic E-state index is 11.5.